The third kappa shape index (κ3) is 7.29. The molecule has 0 bridgehead atoms. The Hall–Kier alpha value is -5.86. The summed E-state index contributed by atoms with van der Waals surface area (Å²) in [6, 6.07) is 44.2. The van der Waals surface area contributed by atoms with E-state index in [0.717, 1.165) is 61.3 Å². The molecule has 0 aliphatic carbocycles. The molecule has 260 valence electrons. The first-order chi connectivity index (χ1) is 25.3. The molecule has 0 saturated carbocycles. The molecule has 0 aliphatic rings. The van der Waals surface area contributed by atoms with Crippen LogP contribution in [0.5, 0.6) is 11.5 Å². The van der Waals surface area contributed by atoms with E-state index in [0.29, 0.717) is 24.7 Å². The molecule has 0 spiro atoms. The van der Waals surface area contributed by atoms with E-state index in [1.165, 1.54) is 11.8 Å². The van der Waals surface area contributed by atoms with Crippen LogP contribution in [0.3, 0.4) is 0 Å². The summed E-state index contributed by atoms with van der Waals surface area (Å²) in [5.74, 6) is 1.23. The van der Waals surface area contributed by atoms with Crippen molar-refractivity contribution >= 4 is 45.7 Å². The molecule has 52 heavy (non-hydrogen) atoms. The number of nitrogens with zero attached hydrogens (tertiary/aromatic N) is 3. The Kier molecular flexibility index (Phi) is 10.1. The number of ether oxygens (including phenoxy) is 2. The van der Waals surface area contributed by atoms with Crippen molar-refractivity contribution in [3.63, 3.8) is 0 Å². The molecular formula is C44H39N3O4S. The van der Waals surface area contributed by atoms with Gasteiger partial charge in [-0.05, 0) is 90.2 Å². The van der Waals surface area contributed by atoms with E-state index >= 15 is 0 Å². The van der Waals surface area contributed by atoms with Crippen LogP contribution in [0.25, 0.3) is 28.0 Å². The molecule has 1 atom stereocenters. The average Bonchev–Trinajstić information content (AvgIpc) is 3.49. The predicted octanol–water partition coefficient (Wildman–Crippen LogP) is 9.75. The van der Waals surface area contributed by atoms with Gasteiger partial charge in [-0.1, -0.05) is 91.0 Å². The summed E-state index contributed by atoms with van der Waals surface area (Å²) in [4.78, 5) is 21.7. The summed E-state index contributed by atoms with van der Waals surface area (Å²) in [5.41, 5.74) is 8.82. The monoisotopic (exact) mass is 705 g/mol. The van der Waals surface area contributed by atoms with Crippen molar-refractivity contribution < 1.29 is 19.4 Å². The number of thioether (sulfide) groups is 1. The number of aliphatic carboxylic acids is 1. The van der Waals surface area contributed by atoms with Crippen LogP contribution in [-0.4, -0.2) is 31.4 Å². The highest BCUT2D eigenvalue weighted by Crippen LogP contribution is 2.50. The van der Waals surface area contributed by atoms with Crippen LogP contribution in [0.15, 0.2) is 139 Å². The number of carboxylic acid groups (broad SMARTS) is 1. The highest BCUT2D eigenvalue weighted by molar-refractivity contribution is 8.01. The molecule has 8 heteroatoms. The van der Waals surface area contributed by atoms with Gasteiger partial charge in [0.25, 0.3) is 0 Å². The molecular weight excluding hydrogens is 667 g/mol. The molecule has 0 aliphatic heterocycles. The van der Waals surface area contributed by atoms with E-state index < -0.39 is 10.7 Å². The van der Waals surface area contributed by atoms with Gasteiger partial charge in [-0.25, -0.2) is 9.97 Å². The lowest BCUT2D eigenvalue weighted by Crippen LogP contribution is -2.27. The summed E-state index contributed by atoms with van der Waals surface area (Å²) in [5, 5.41) is 11.1. The minimum Gasteiger partial charge on any atom is -0.487 e. The number of pyridine rings is 1. The molecule has 0 radical (unpaired) electrons. The quantitative estimate of drug-likeness (QED) is 0.128. The number of carboxylic acids is 1. The first-order valence-electron chi connectivity index (χ1n) is 17.1. The molecule has 1 unspecified atom stereocenters. The van der Waals surface area contributed by atoms with Gasteiger partial charge in [0.15, 0.2) is 0 Å². The first-order valence-corrected chi connectivity index (χ1v) is 18.1. The minimum atomic E-state index is -0.886. The second-order valence-corrected chi connectivity index (χ2v) is 13.9. The number of benzene rings is 5. The zero-order valence-corrected chi connectivity index (χ0v) is 30.1. The van der Waals surface area contributed by atoms with E-state index in [9.17, 15) is 9.90 Å². The van der Waals surface area contributed by atoms with Crippen molar-refractivity contribution in [2.24, 2.45) is 7.05 Å². The van der Waals surface area contributed by atoms with E-state index in [1.807, 2.05) is 127 Å². The number of fused-ring (bicyclic) bond motifs is 2. The molecule has 0 amide bonds. The summed E-state index contributed by atoms with van der Waals surface area (Å²) < 4.78 is 13.6. The van der Waals surface area contributed by atoms with E-state index in [2.05, 4.69) is 38.1 Å². The third-order valence-corrected chi connectivity index (χ3v) is 11.0. The van der Waals surface area contributed by atoms with Gasteiger partial charge in [0.1, 0.15) is 30.5 Å². The van der Waals surface area contributed by atoms with Gasteiger partial charge < -0.3 is 19.1 Å². The molecule has 1 N–H and O–H groups in total. The molecule has 2 heterocycles. The summed E-state index contributed by atoms with van der Waals surface area (Å²) in [6.07, 6.45) is 2.16. The summed E-state index contributed by atoms with van der Waals surface area (Å²) in [7, 11) is 1.99. The standard InChI is InChI=1S/C44H39N3O4S/c1-30-10-4-5-12-33(30)26-31(2)44(52-29-43(48)49,34-17-22-37(23-18-34)50-27-36-21-16-32-11-6-7-13-39(32)45-36)35-19-24-38(25-20-35)51-28-42-46-40-14-8-9-15-41(40)47(42)3/h4-26H,27-29H2,1-3H3,(H,48,49)/b31-26+. The lowest BCUT2D eigenvalue weighted by Gasteiger charge is -2.36. The van der Waals surface area contributed by atoms with Crippen LogP contribution in [0, 0.1) is 6.92 Å². The normalized spacial score (nSPS) is 12.9. The summed E-state index contributed by atoms with van der Waals surface area (Å²) >= 11 is 1.38. The largest absolute Gasteiger partial charge is 0.487 e. The fourth-order valence-electron chi connectivity index (χ4n) is 6.55. The number of hydrogen-bond donors (Lipinski definition) is 1. The van der Waals surface area contributed by atoms with Crippen molar-refractivity contribution in [1.29, 1.82) is 0 Å². The van der Waals surface area contributed by atoms with Crippen molar-refractivity contribution in [2.75, 3.05) is 5.75 Å². The minimum absolute atomic E-state index is 0.101. The van der Waals surface area contributed by atoms with Gasteiger partial charge in [-0.3, -0.25) is 4.79 Å². The number of hydrogen-bond acceptors (Lipinski definition) is 6. The van der Waals surface area contributed by atoms with Gasteiger partial charge in [-0.15, -0.1) is 11.8 Å². The number of aromatic nitrogens is 3. The van der Waals surface area contributed by atoms with Crippen LogP contribution in [0.2, 0.25) is 0 Å². The van der Waals surface area contributed by atoms with Crippen molar-refractivity contribution in [2.45, 2.75) is 31.8 Å². The Morgan fingerprint density at radius 3 is 2.04 bits per heavy atom. The Bertz CT molecular complexity index is 2380. The maximum absolute atomic E-state index is 12.2. The lowest BCUT2D eigenvalue weighted by molar-refractivity contribution is -0.133. The fraction of sp³-hybridized carbons (Fsp3) is 0.159. The van der Waals surface area contributed by atoms with E-state index in [-0.39, 0.29) is 5.75 Å². The predicted molar refractivity (Wildman–Crippen MR) is 210 cm³/mol. The zero-order valence-electron chi connectivity index (χ0n) is 29.3. The third-order valence-electron chi connectivity index (χ3n) is 9.34. The zero-order chi connectivity index (χ0) is 36.1. The second-order valence-electron chi connectivity index (χ2n) is 12.7. The van der Waals surface area contributed by atoms with Crippen molar-refractivity contribution in [3.05, 3.63) is 173 Å². The Labute approximate surface area is 307 Å². The molecule has 7 aromatic rings. The maximum Gasteiger partial charge on any atom is 0.313 e. The summed E-state index contributed by atoms with van der Waals surface area (Å²) in [6.45, 7) is 4.79. The van der Waals surface area contributed by atoms with Gasteiger partial charge in [-0.2, -0.15) is 0 Å². The number of imidazole rings is 1. The lowest BCUT2D eigenvalue weighted by atomic mass is 9.83. The maximum atomic E-state index is 12.2. The van der Waals surface area contributed by atoms with Crippen LogP contribution in [-0.2, 0) is 29.8 Å². The van der Waals surface area contributed by atoms with Gasteiger partial charge in [0.05, 0.1) is 32.7 Å². The van der Waals surface area contributed by atoms with Gasteiger partial charge >= 0.3 is 5.97 Å². The number of para-hydroxylation sites is 3. The second kappa shape index (κ2) is 15.2. The Balaban J connectivity index is 1.21. The van der Waals surface area contributed by atoms with Crippen molar-refractivity contribution in [1.82, 2.24) is 14.5 Å². The van der Waals surface area contributed by atoms with Crippen molar-refractivity contribution in [3.8, 4) is 11.5 Å². The molecule has 0 saturated heterocycles. The Morgan fingerprint density at radius 1 is 0.750 bits per heavy atom. The van der Waals surface area contributed by atoms with Crippen LogP contribution >= 0.6 is 11.8 Å². The fourth-order valence-corrected chi connectivity index (χ4v) is 7.78. The Morgan fingerprint density at radius 2 is 1.37 bits per heavy atom. The number of aryl methyl sites for hydroxylation is 2. The number of rotatable bonds is 13. The van der Waals surface area contributed by atoms with E-state index in [4.69, 9.17) is 19.4 Å². The molecule has 7 rings (SSSR count). The molecule has 2 aromatic heterocycles. The van der Waals surface area contributed by atoms with Crippen LogP contribution < -0.4 is 9.47 Å². The van der Waals surface area contributed by atoms with Crippen LogP contribution in [0.4, 0.5) is 0 Å². The molecule has 7 nitrogen and oxygen atoms in total. The van der Waals surface area contributed by atoms with Gasteiger partial charge in [0.2, 0.25) is 0 Å². The topological polar surface area (TPSA) is 86.5 Å². The smallest absolute Gasteiger partial charge is 0.313 e. The molecule has 5 aromatic carbocycles. The molecule has 0 fully saturated rings. The van der Waals surface area contributed by atoms with Crippen LogP contribution in [0.1, 0.15) is 40.7 Å². The highest BCUT2D eigenvalue weighted by atomic mass is 32.2. The van der Waals surface area contributed by atoms with Gasteiger partial charge in [0, 0.05) is 12.4 Å². The highest BCUT2D eigenvalue weighted by Gasteiger charge is 2.38. The SMILES string of the molecule is C/C(=C\c1ccccc1C)C(SCC(=O)O)(c1ccc(OCc2ccc3ccccc3n2)cc1)c1ccc(OCc2nc3ccccc3n2C)cc1. The first kappa shape index (κ1) is 34.6. The average molecular weight is 706 g/mol. The number of carbonyl (C=O) groups is 1. The van der Waals surface area contributed by atoms with E-state index in [1.54, 1.807) is 0 Å².